The summed E-state index contributed by atoms with van der Waals surface area (Å²) < 4.78 is 45.0. The molecule has 4 rings (SSSR count). The van der Waals surface area contributed by atoms with E-state index in [0.29, 0.717) is 24.4 Å². The van der Waals surface area contributed by atoms with Crippen molar-refractivity contribution in [2.24, 2.45) is 4.99 Å². The van der Waals surface area contributed by atoms with Crippen molar-refractivity contribution in [2.45, 2.75) is 32.5 Å². The molecule has 172 valence electrons. The number of pyridine rings is 1. The average Bonchev–Trinajstić information content (AvgIpc) is 2.77. The molecule has 0 radical (unpaired) electrons. The smallest absolute Gasteiger partial charge is 0.416 e. The van der Waals surface area contributed by atoms with Gasteiger partial charge in [-0.3, -0.25) is 9.83 Å². The quantitative estimate of drug-likeness (QED) is 0.456. The van der Waals surface area contributed by atoms with Crippen molar-refractivity contribution in [2.75, 3.05) is 6.61 Å². The standard InChI is InChI=1S/C24H21ClF3N3O2/c1-14-6-7-16(15(2)8-14)9-18-13-32-31-23(30-18)20-11-22(25)29-12-21(20)33-19-5-3-4-17(10-19)24(26,27)28/h3-8,10-12,18H,9,13H2,1-2H3,(H,30,31). The minimum atomic E-state index is -4.48. The Morgan fingerprint density at radius 3 is 2.73 bits per heavy atom. The molecule has 9 heteroatoms. The summed E-state index contributed by atoms with van der Waals surface area (Å²) in [4.78, 5) is 14.3. The zero-order valence-electron chi connectivity index (χ0n) is 17.9. The second kappa shape index (κ2) is 9.41. The van der Waals surface area contributed by atoms with Crippen molar-refractivity contribution in [3.63, 3.8) is 0 Å². The van der Waals surface area contributed by atoms with Gasteiger partial charge in [0.1, 0.15) is 10.9 Å². The molecular weight excluding hydrogens is 455 g/mol. The van der Waals surface area contributed by atoms with Gasteiger partial charge in [-0.25, -0.2) is 10.5 Å². The number of halogens is 4. The number of aromatic nitrogens is 1. The highest BCUT2D eigenvalue weighted by Gasteiger charge is 2.31. The van der Waals surface area contributed by atoms with Crippen LogP contribution in [0.3, 0.4) is 0 Å². The van der Waals surface area contributed by atoms with Crippen LogP contribution in [0, 0.1) is 13.8 Å². The summed E-state index contributed by atoms with van der Waals surface area (Å²) >= 11 is 6.09. The molecule has 0 spiro atoms. The lowest BCUT2D eigenvalue weighted by Gasteiger charge is -2.23. The molecule has 33 heavy (non-hydrogen) atoms. The minimum absolute atomic E-state index is 0.0133. The van der Waals surface area contributed by atoms with Crippen molar-refractivity contribution in [1.29, 1.82) is 0 Å². The number of ether oxygens (including phenoxy) is 1. The summed E-state index contributed by atoms with van der Waals surface area (Å²) in [5.74, 6) is 0.572. The average molecular weight is 476 g/mol. The van der Waals surface area contributed by atoms with Crippen LogP contribution < -0.4 is 10.2 Å². The fourth-order valence-electron chi connectivity index (χ4n) is 3.56. The highest BCUT2D eigenvalue weighted by atomic mass is 35.5. The maximum absolute atomic E-state index is 13.1. The van der Waals surface area contributed by atoms with Crippen molar-refractivity contribution < 1.29 is 22.7 Å². The third-order valence-corrected chi connectivity index (χ3v) is 5.39. The first kappa shape index (κ1) is 23.1. The molecule has 0 saturated heterocycles. The first-order valence-corrected chi connectivity index (χ1v) is 10.6. The van der Waals surface area contributed by atoms with Gasteiger partial charge in [-0.15, -0.1) is 0 Å². The van der Waals surface area contributed by atoms with Gasteiger partial charge in [0.25, 0.3) is 0 Å². The Hall–Kier alpha value is -3.10. The second-order valence-corrected chi connectivity index (χ2v) is 8.20. The molecule has 3 aromatic rings. The first-order valence-electron chi connectivity index (χ1n) is 10.2. The van der Waals surface area contributed by atoms with Gasteiger partial charge in [-0.2, -0.15) is 13.2 Å². The van der Waals surface area contributed by atoms with Crippen molar-refractivity contribution in [3.05, 3.63) is 87.7 Å². The number of benzene rings is 2. The Bertz CT molecular complexity index is 1200. The molecule has 1 aromatic heterocycles. The molecule has 1 unspecified atom stereocenters. The summed E-state index contributed by atoms with van der Waals surface area (Å²) in [6.07, 6.45) is -2.47. The van der Waals surface area contributed by atoms with E-state index in [0.717, 1.165) is 17.7 Å². The van der Waals surface area contributed by atoms with Gasteiger partial charge in [-0.1, -0.05) is 41.4 Å². The molecule has 2 heterocycles. The molecule has 1 N–H and O–H groups in total. The van der Waals surface area contributed by atoms with E-state index in [2.05, 4.69) is 35.6 Å². The molecule has 0 amide bonds. The lowest BCUT2D eigenvalue weighted by Crippen LogP contribution is -2.37. The maximum atomic E-state index is 13.1. The summed E-state index contributed by atoms with van der Waals surface area (Å²) in [7, 11) is 0. The summed E-state index contributed by atoms with van der Waals surface area (Å²) in [5, 5.41) is 0.183. The fourth-order valence-corrected chi connectivity index (χ4v) is 3.71. The Morgan fingerprint density at radius 2 is 1.97 bits per heavy atom. The third-order valence-electron chi connectivity index (χ3n) is 5.19. The predicted octanol–water partition coefficient (Wildman–Crippen LogP) is 6.06. The fraction of sp³-hybridized carbons (Fsp3) is 0.250. The zero-order chi connectivity index (χ0) is 23.6. The molecule has 1 aliphatic rings. The number of hydroxylamine groups is 1. The van der Waals surface area contributed by atoms with E-state index in [9.17, 15) is 13.2 Å². The van der Waals surface area contributed by atoms with E-state index in [1.807, 2.05) is 6.92 Å². The number of rotatable bonds is 5. The summed E-state index contributed by atoms with van der Waals surface area (Å²) in [5.41, 5.74) is 5.90. The van der Waals surface area contributed by atoms with Crippen LogP contribution in [0.1, 0.15) is 27.8 Å². The van der Waals surface area contributed by atoms with Gasteiger partial charge in [0.2, 0.25) is 0 Å². The van der Waals surface area contributed by atoms with Gasteiger partial charge < -0.3 is 4.74 Å². The van der Waals surface area contributed by atoms with Crippen LogP contribution in [-0.4, -0.2) is 23.5 Å². The van der Waals surface area contributed by atoms with Crippen LogP contribution in [0.2, 0.25) is 5.15 Å². The number of nitrogens with zero attached hydrogens (tertiary/aromatic N) is 2. The number of aryl methyl sites for hydroxylation is 2. The van der Waals surface area contributed by atoms with Crippen LogP contribution >= 0.6 is 11.6 Å². The van der Waals surface area contributed by atoms with Gasteiger partial charge in [-0.05, 0) is 55.7 Å². The molecule has 0 fully saturated rings. The highest BCUT2D eigenvalue weighted by molar-refractivity contribution is 6.29. The Morgan fingerprint density at radius 1 is 1.15 bits per heavy atom. The van der Waals surface area contributed by atoms with E-state index in [1.165, 1.54) is 35.5 Å². The lowest BCUT2D eigenvalue weighted by atomic mass is 9.99. The van der Waals surface area contributed by atoms with Crippen LogP contribution in [-0.2, 0) is 17.4 Å². The molecule has 0 saturated carbocycles. The van der Waals surface area contributed by atoms with Crippen LogP contribution in [0.4, 0.5) is 13.2 Å². The number of hydrogen-bond acceptors (Lipinski definition) is 5. The number of alkyl halides is 3. The van der Waals surface area contributed by atoms with Crippen molar-refractivity contribution in [1.82, 2.24) is 10.5 Å². The van der Waals surface area contributed by atoms with E-state index < -0.39 is 11.7 Å². The zero-order valence-corrected chi connectivity index (χ0v) is 18.7. The van der Waals surface area contributed by atoms with E-state index >= 15 is 0 Å². The topological polar surface area (TPSA) is 55.7 Å². The molecule has 2 aromatic carbocycles. The normalized spacial score (nSPS) is 16.2. The maximum Gasteiger partial charge on any atom is 0.416 e. The highest BCUT2D eigenvalue weighted by Crippen LogP contribution is 2.34. The predicted molar refractivity (Wildman–Crippen MR) is 120 cm³/mol. The largest absolute Gasteiger partial charge is 0.455 e. The van der Waals surface area contributed by atoms with Crippen LogP contribution in [0.15, 0.2) is 59.7 Å². The van der Waals surface area contributed by atoms with E-state index in [-0.39, 0.29) is 22.7 Å². The van der Waals surface area contributed by atoms with Gasteiger partial charge >= 0.3 is 6.18 Å². The summed E-state index contributed by atoms with van der Waals surface area (Å²) in [6, 6.07) is 12.2. The number of hydrogen-bond donors (Lipinski definition) is 1. The first-order chi connectivity index (χ1) is 15.7. The van der Waals surface area contributed by atoms with Crippen molar-refractivity contribution in [3.8, 4) is 11.5 Å². The van der Waals surface area contributed by atoms with Gasteiger partial charge in [0.15, 0.2) is 11.6 Å². The number of amidine groups is 1. The molecular formula is C24H21ClF3N3O2. The molecule has 1 atom stereocenters. The van der Waals surface area contributed by atoms with Crippen molar-refractivity contribution >= 4 is 17.4 Å². The lowest BCUT2D eigenvalue weighted by molar-refractivity contribution is -0.137. The molecule has 0 bridgehead atoms. The van der Waals surface area contributed by atoms with Crippen LogP contribution in [0.5, 0.6) is 11.5 Å². The third kappa shape index (κ3) is 5.64. The number of nitrogens with one attached hydrogen (secondary N) is 1. The Labute approximate surface area is 194 Å². The minimum Gasteiger partial charge on any atom is -0.455 e. The summed E-state index contributed by atoms with van der Waals surface area (Å²) in [6.45, 7) is 4.46. The van der Waals surface area contributed by atoms with Gasteiger partial charge in [0, 0.05) is 0 Å². The SMILES string of the molecule is Cc1ccc(CC2CONC(c3cc(Cl)ncc3Oc3cccc(C(F)(F)F)c3)=N2)c(C)c1. The van der Waals surface area contributed by atoms with E-state index in [4.69, 9.17) is 26.2 Å². The molecule has 0 aliphatic carbocycles. The molecule has 1 aliphatic heterocycles. The molecule has 5 nitrogen and oxygen atoms in total. The second-order valence-electron chi connectivity index (χ2n) is 7.81. The van der Waals surface area contributed by atoms with E-state index in [1.54, 1.807) is 0 Å². The van der Waals surface area contributed by atoms with Gasteiger partial charge in [0.05, 0.1) is 30.0 Å². The monoisotopic (exact) mass is 475 g/mol. The van der Waals surface area contributed by atoms with Crippen LogP contribution in [0.25, 0.3) is 0 Å². The Kier molecular flexibility index (Phi) is 6.58. The number of aliphatic imine (C=N–C) groups is 1. The Balaban J connectivity index is 1.62.